The molecule has 2 heterocycles. The number of carbonyl (C=O) groups is 1. The Morgan fingerprint density at radius 3 is 2.53 bits per heavy atom. The van der Waals surface area contributed by atoms with Gasteiger partial charge in [0.1, 0.15) is 0 Å². The van der Waals surface area contributed by atoms with Gasteiger partial charge in [0.05, 0.1) is 28.2 Å². The van der Waals surface area contributed by atoms with Gasteiger partial charge in [-0.15, -0.1) is 11.3 Å². The van der Waals surface area contributed by atoms with E-state index in [2.05, 4.69) is 10.6 Å². The third-order valence-corrected chi connectivity index (χ3v) is 3.51. The van der Waals surface area contributed by atoms with Gasteiger partial charge in [0, 0.05) is 10.8 Å². The largest absolute Gasteiger partial charge is 0.416 e. The van der Waals surface area contributed by atoms with Crippen molar-refractivity contribution in [2.45, 2.75) is 6.18 Å². The summed E-state index contributed by atoms with van der Waals surface area (Å²) < 4.78 is 37.9. The quantitative estimate of drug-likeness (QED) is 0.765. The second kappa shape index (κ2) is 3.99. The molecule has 0 saturated carbocycles. The molecule has 2 N–H and O–H groups in total. The maximum Gasteiger partial charge on any atom is 0.416 e. The fourth-order valence-electron chi connectivity index (χ4n) is 1.84. The summed E-state index contributed by atoms with van der Waals surface area (Å²) in [6.45, 7) is 0. The van der Waals surface area contributed by atoms with Crippen molar-refractivity contribution in [1.29, 1.82) is 0 Å². The Labute approximate surface area is 110 Å². The number of halogens is 3. The van der Waals surface area contributed by atoms with Gasteiger partial charge >= 0.3 is 6.18 Å². The fraction of sp³-hybridized carbons (Fsp3) is 0.0833. The monoisotopic (exact) mass is 284 g/mol. The summed E-state index contributed by atoms with van der Waals surface area (Å²) in [6, 6.07) is 3.22. The van der Waals surface area contributed by atoms with E-state index in [1.807, 2.05) is 0 Å². The van der Waals surface area contributed by atoms with Gasteiger partial charge in [0.15, 0.2) is 0 Å². The van der Waals surface area contributed by atoms with Crippen molar-refractivity contribution in [3.05, 3.63) is 40.1 Å². The number of thiophene rings is 1. The van der Waals surface area contributed by atoms with Gasteiger partial charge in [-0.2, -0.15) is 13.2 Å². The maximum atomic E-state index is 12.6. The molecule has 2 aromatic rings. The van der Waals surface area contributed by atoms with E-state index in [9.17, 15) is 18.0 Å². The summed E-state index contributed by atoms with van der Waals surface area (Å²) in [6.07, 6.45) is -4.43. The van der Waals surface area contributed by atoms with Crippen molar-refractivity contribution in [3.8, 4) is 0 Å². The van der Waals surface area contributed by atoms with Gasteiger partial charge in [-0.05, 0) is 18.2 Å². The fourth-order valence-corrected chi connectivity index (χ4v) is 2.60. The Balaban J connectivity index is 2.08. The molecular weight excluding hydrogens is 277 g/mol. The molecule has 0 aliphatic carbocycles. The molecule has 0 unspecified atom stereocenters. The molecule has 19 heavy (non-hydrogen) atoms. The molecule has 1 aromatic heterocycles. The third-order valence-electron chi connectivity index (χ3n) is 2.77. The third kappa shape index (κ3) is 2.06. The summed E-state index contributed by atoms with van der Waals surface area (Å²) in [7, 11) is 0. The van der Waals surface area contributed by atoms with Gasteiger partial charge in [-0.1, -0.05) is 0 Å². The van der Waals surface area contributed by atoms with Crippen LogP contribution in [-0.2, 0) is 6.18 Å². The number of fused-ring (bicyclic) bond motifs is 2. The molecule has 0 fully saturated rings. The number of amides is 1. The molecule has 7 heteroatoms. The highest BCUT2D eigenvalue weighted by Gasteiger charge is 2.32. The van der Waals surface area contributed by atoms with Crippen LogP contribution >= 0.6 is 11.3 Å². The summed E-state index contributed by atoms with van der Waals surface area (Å²) >= 11 is 1.35. The van der Waals surface area contributed by atoms with E-state index in [4.69, 9.17) is 0 Å². The predicted molar refractivity (Wildman–Crippen MR) is 67.0 cm³/mol. The number of carbonyl (C=O) groups excluding carboxylic acids is 1. The van der Waals surface area contributed by atoms with E-state index in [0.717, 1.165) is 12.1 Å². The normalized spacial score (nSPS) is 13.9. The minimum absolute atomic E-state index is 0.126. The first-order chi connectivity index (χ1) is 8.95. The highest BCUT2D eigenvalue weighted by molar-refractivity contribution is 7.08. The highest BCUT2D eigenvalue weighted by Crippen LogP contribution is 2.38. The Kier molecular flexibility index (Phi) is 2.53. The molecule has 0 saturated heterocycles. The number of hydrogen-bond acceptors (Lipinski definition) is 3. The zero-order valence-electron chi connectivity index (χ0n) is 9.34. The molecule has 3 nitrogen and oxygen atoms in total. The summed E-state index contributed by atoms with van der Waals surface area (Å²) in [5.74, 6) is -0.415. The number of hydrogen-bond donors (Lipinski definition) is 2. The van der Waals surface area contributed by atoms with Gasteiger partial charge in [-0.3, -0.25) is 4.79 Å². The number of benzene rings is 1. The Bertz CT molecular complexity index is 663. The lowest BCUT2D eigenvalue weighted by molar-refractivity contribution is -0.137. The van der Waals surface area contributed by atoms with Gasteiger partial charge in [-0.25, -0.2) is 0 Å². The first kappa shape index (κ1) is 12.0. The van der Waals surface area contributed by atoms with Crippen LogP contribution in [0.3, 0.4) is 0 Å². The second-order valence-corrected chi connectivity index (χ2v) is 4.78. The molecule has 0 radical (unpaired) electrons. The molecule has 3 rings (SSSR count). The molecule has 98 valence electrons. The first-order valence-electron chi connectivity index (χ1n) is 5.31. The second-order valence-electron chi connectivity index (χ2n) is 4.04. The van der Waals surface area contributed by atoms with Crippen LogP contribution < -0.4 is 10.6 Å². The van der Waals surface area contributed by atoms with Gasteiger partial charge in [0.25, 0.3) is 5.91 Å². The molecule has 0 atom stereocenters. The van der Waals surface area contributed by atoms with Crippen molar-refractivity contribution in [2.75, 3.05) is 10.6 Å². The van der Waals surface area contributed by atoms with Gasteiger partial charge in [0.2, 0.25) is 0 Å². The average molecular weight is 284 g/mol. The number of nitrogens with one attached hydrogen (secondary N) is 2. The van der Waals surface area contributed by atoms with E-state index in [0.29, 0.717) is 16.9 Å². The van der Waals surface area contributed by atoms with Crippen LogP contribution in [0.4, 0.5) is 30.2 Å². The van der Waals surface area contributed by atoms with Crippen molar-refractivity contribution in [1.82, 2.24) is 0 Å². The van der Waals surface area contributed by atoms with Crippen LogP contribution in [0.15, 0.2) is 29.0 Å². The molecule has 1 aromatic carbocycles. The van der Waals surface area contributed by atoms with Crippen LogP contribution in [-0.4, -0.2) is 5.91 Å². The topological polar surface area (TPSA) is 41.1 Å². The Hall–Kier alpha value is -2.02. The number of anilines is 3. The summed E-state index contributed by atoms with van der Waals surface area (Å²) in [5, 5.41) is 8.82. The zero-order valence-corrected chi connectivity index (χ0v) is 10.2. The minimum atomic E-state index is -4.43. The van der Waals surface area contributed by atoms with Crippen LogP contribution in [0.1, 0.15) is 15.9 Å². The summed E-state index contributed by atoms with van der Waals surface area (Å²) in [5.41, 5.74) is 0.799. The Morgan fingerprint density at radius 2 is 1.79 bits per heavy atom. The van der Waals surface area contributed by atoms with Crippen molar-refractivity contribution < 1.29 is 18.0 Å². The minimum Gasteiger partial charge on any atom is -0.352 e. The van der Waals surface area contributed by atoms with Crippen molar-refractivity contribution in [3.63, 3.8) is 0 Å². The zero-order chi connectivity index (χ0) is 13.6. The van der Waals surface area contributed by atoms with E-state index >= 15 is 0 Å². The lowest BCUT2D eigenvalue weighted by Gasteiger charge is -2.12. The SMILES string of the molecule is O=C1Nc2cc(C(F)(F)F)ccc2Nc2cscc21. The average Bonchev–Trinajstić information content (AvgIpc) is 2.73. The summed E-state index contributed by atoms with van der Waals surface area (Å²) in [4.78, 5) is 11.9. The molecule has 0 spiro atoms. The first-order valence-corrected chi connectivity index (χ1v) is 6.25. The lowest BCUT2D eigenvalue weighted by atomic mass is 10.1. The molecule has 1 amide bonds. The maximum absolute atomic E-state index is 12.6. The molecule has 1 aliphatic rings. The van der Waals surface area contributed by atoms with Crippen LogP contribution in [0.25, 0.3) is 0 Å². The van der Waals surface area contributed by atoms with E-state index in [-0.39, 0.29) is 5.69 Å². The van der Waals surface area contributed by atoms with Crippen LogP contribution in [0, 0.1) is 0 Å². The predicted octanol–water partition coefficient (Wildman–Crippen LogP) is 4.08. The van der Waals surface area contributed by atoms with E-state index in [1.165, 1.54) is 17.4 Å². The highest BCUT2D eigenvalue weighted by atomic mass is 32.1. The Morgan fingerprint density at radius 1 is 1.00 bits per heavy atom. The molecule has 0 bridgehead atoms. The standard InChI is InChI=1S/C12H7F3N2OS/c13-12(14,15)6-1-2-8-9(3-6)17-11(18)7-4-19-5-10(7)16-8/h1-5,16H,(H,17,18). The lowest BCUT2D eigenvalue weighted by Crippen LogP contribution is -2.11. The number of alkyl halides is 3. The van der Waals surface area contributed by atoms with Crippen molar-refractivity contribution in [2.24, 2.45) is 0 Å². The van der Waals surface area contributed by atoms with Gasteiger partial charge < -0.3 is 10.6 Å². The smallest absolute Gasteiger partial charge is 0.352 e. The molecular formula is C12H7F3N2OS. The van der Waals surface area contributed by atoms with Crippen LogP contribution in [0.2, 0.25) is 0 Å². The van der Waals surface area contributed by atoms with E-state index < -0.39 is 17.6 Å². The van der Waals surface area contributed by atoms with E-state index in [1.54, 1.807) is 10.8 Å². The van der Waals surface area contributed by atoms with Crippen LogP contribution in [0.5, 0.6) is 0 Å². The number of rotatable bonds is 0. The van der Waals surface area contributed by atoms with Crippen molar-refractivity contribution >= 4 is 34.3 Å². The molecule has 1 aliphatic heterocycles.